The lowest BCUT2D eigenvalue weighted by molar-refractivity contribution is -0.138. The quantitative estimate of drug-likeness (QED) is 0.788. The van der Waals surface area contributed by atoms with Crippen LogP contribution in [-0.4, -0.2) is 40.6 Å². The Morgan fingerprint density at radius 1 is 1.35 bits per heavy atom. The number of carboxylic acids is 1. The van der Waals surface area contributed by atoms with E-state index in [1.165, 1.54) is 11.3 Å². The predicted octanol–water partition coefficient (Wildman–Crippen LogP) is 2.85. The van der Waals surface area contributed by atoms with Gasteiger partial charge in [0.25, 0.3) is 0 Å². The van der Waals surface area contributed by atoms with Gasteiger partial charge in [-0.1, -0.05) is 33.1 Å². The highest BCUT2D eigenvalue weighted by molar-refractivity contribution is 5.80. The minimum atomic E-state index is -0.962. The van der Waals surface area contributed by atoms with Gasteiger partial charge in [-0.3, -0.25) is 4.79 Å². The molecule has 0 aromatic carbocycles. The van der Waals surface area contributed by atoms with Crippen molar-refractivity contribution in [3.05, 3.63) is 0 Å². The van der Waals surface area contributed by atoms with Crippen LogP contribution in [0, 0.1) is 5.92 Å². The second kappa shape index (κ2) is 8.12. The van der Waals surface area contributed by atoms with E-state index in [9.17, 15) is 9.59 Å². The fourth-order valence-electron chi connectivity index (χ4n) is 2.84. The van der Waals surface area contributed by atoms with E-state index in [4.69, 9.17) is 5.11 Å². The van der Waals surface area contributed by atoms with Crippen LogP contribution in [0.2, 0.25) is 0 Å². The fraction of sp³-hybridized carbons (Fsp3) is 0.867. The SMILES string of the molecule is CCC1CCCC(NC(=O)N(CC(=O)O)C(C)CC)C1. The maximum Gasteiger partial charge on any atom is 0.323 e. The van der Waals surface area contributed by atoms with Crippen molar-refractivity contribution < 1.29 is 14.7 Å². The Kier molecular flexibility index (Phi) is 6.82. The Labute approximate surface area is 121 Å². The van der Waals surface area contributed by atoms with E-state index in [0.29, 0.717) is 5.92 Å². The van der Waals surface area contributed by atoms with Gasteiger partial charge >= 0.3 is 12.0 Å². The molecule has 0 aliphatic heterocycles. The molecule has 3 unspecified atom stereocenters. The first-order valence-electron chi connectivity index (χ1n) is 7.76. The van der Waals surface area contributed by atoms with E-state index in [1.807, 2.05) is 13.8 Å². The van der Waals surface area contributed by atoms with Crippen molar-refractivity contribution in [3.8, 4) is 0 Å². The van der Waals surface area contributed by atoms with Crippen LogP contribution in [0.25, 0.3) is 0 Å². The van der Waals surface area contributed by atoms with Crippen molar-refractivity contribution in [1.82, 2.24) is 10.2 Å². The maximum absolute atomic E-state index is 12.3. The van der Waals surface area contributed by atoms with Crippen LogP contribution in [0.5, 0.6) is 0 Å². The predicted molar refractivity (Wildman–Crippen MR) is 78.7 cm³/mol. The first-order chi connectivity index (χ1) is 9.47. The van der Waals surface area contributed by atoms with Gasteiger partial charge in [-0.2, -0.15) is 0 Å². The molecule has 1 rings (SSSR count). The zero-order chi connectivity index (χ0) is 15.1. The minimum Gasteiger partial charge on any atom is -0.480 e. The molecule has 2 amide bonds. The summed E-state index contributed by atoms with van der Waals surface area (Å²) < 4.78 is 0. The lowest BCUT2D eigenvalue weighted by Crippen LogP contribution is -2.51. The van der Waals surface area contributed by atoms with Crippen molar-refractivity contribution in [3.63, 3.8) is 0 Å². The molecule has 0 bridgehead atoms. The molecule has 1 saturated carbocycles. The topological polar surface area (TPSA) is 69.6 Å². The third kappa shape index (κ3) is 5.02. The van der Waals surface area contributed by atoms with Gasteiger partial charge in [0.05, 0.1) is 0 Å². The van der Waals surface area contributed by atoms with Crippen LogP contribution in [0.4, 0.5) is 4.79 Å². The van der Waals surface area contributed by atoms with Gasteiger partial charge in [-0.25, -0.2) is 4.79 Å². The molecule has 0 aromatic rings. The number of carbonyl (C=O) groups excluding carboxylic acids is 1. The summed E-state index contributed by atoms with van der Waals surface area (Å²) in [5, 5.41) is 12.0. The van der Waals surface area contributed by atoms with Gasteiger partial charge in [0, 0.05) is 12.1 Å². The van der Waals surface area contributed by atoms with E-state index in [2.05, 4.69) is 12.2 Å². The van der Waals surface area contributed by atoms with Crippen LogP contribution < -0.4 is 5.32 Å². The number of urea groups is 1. The summed E-state index contributed by atoms with van der Waals surface area (Å²) in [5.41, 5.74) is 0. The largest absolute Gasteiger partial charge is 0.480 e. The van der Waals surface area contributed by atoms with Gasteiger partial charge < -0.3 is 15.3 Å². The molecule has 2 N–H and O–H groups in total. The molecule has 0 aromatic heterocycles. The summed E-state index contributed by atoms with van der Waals surface area (Å²) in [7, 11) is 0. The average Bonchev–Trinajstić information content (AvgIpc) is 2.43. The van der Waals surface area contributed by atoms with Crippen molar-refractivity contribution in [2.24, 2.45) is 5.92 Å². The Balaban J connectivity index is 2.58. The summed E-state index contributed by atoms with van der Waals surface area (Å²) in [5.74, 6) is -0.277. The standard InChI is InChI=1S/C15H28N2O3/c1-4-11(3)17(10-14(18)19)15(20)16-13-8-6-7-12(5-2)9-13/h11-13H,4-10H2,1-3H3,(H,16,20)(H,18,19). The van der Waals surface area contributed by atoms with Crippen molar-refractivity contribution in [2.75, 3.05) is 6.54 Å². The summed E-state index contributed by atoms with van der Waals surface area (Å²) in [6, 6.07) is -0.0956. The number of hydrogen-bond acceptors (Lipinski definition) is 2. The molecular weight excluding hydrogens is 256 g/mol. The molecule has 1 fully saturated rings. The smallest absolute Gasteiger partial charge is 0.323 e. The van der Waals surface area contributed by atoms with E-state index >= 15 is 0 Å². The number of carboxylic acid groups (broad SMARTS) is 1. The van der Waals surface area contributed by atoms with Gasteiger partial charge in [0.1, 0.15) is 6.54 Å². The van der Waals surface area contributed by atoms with Gasteiger partial charge in [-0.15, -0.1) is 0 Å². The molecule has 1 aliphatic carbocycles. The first-order valence-corrected chi connectivity index (χ1v) is 7.76. The molecule has 0 heterocycles. The fourth-order valence-corrected chi connectivity index (χ4v) is 2.84. The minimum absolute atomic E-state index is 0.0586. The Morgan fingerprint density at radius 3 is 2.60 bits per heavy atom. The van der Waals surface area contributed by atoms with E-state index < -0.39 is 5.97 Å². The van der Waals surface area contributed by atoms with E-state index in [0.717, 1.165) is 32.1 Å². The molecule has 0 spiro atoms. The van der Waals surface area contributed by atoms with Crippen LogP contribution in [0.1, 0.15) is 59.3 Å². The summed E-state index contributed by atoms with van der Waals surface area (Å²) in [4.78, 5) is 24.6. The monoisotopic (exact) mass is 284 g/mol. The number of aliphatic carboxylic acids is 1. The molecule has 0 radical (unpaired) electrons. The molecule has 0 saturated heterocycles. The molecule has 1 aliphatic rings. The lowest BCUT2D eigenvalue weighted by Gasteiger charge is -2.33. The number of nitrogens with one attached hydrogen (secondary N) is 1. The van der Waals surface area contributed by atoms with Crippen LogP contribution in [0.3, 0.4) is 0 Å². The third-order valence-electron chi connectivity index (χ3n) is 4.38. The second-order valence-electron chi connectivity index (χ2n) is 5.87. The zero-order valence-corrected chi connectivity index (χ0v) is 12.9. The van der Waals surface area contributed by atoms with Gasteiger partial charge in [0.2, 0.25) is 0 Å². The Hall–Kier alpha value is -1.26. The third-order valence-corrected chi connectivity index (χ3v) is 4.38. The van der Waals surface area contributed by atoms with Crippen molar-refractivity contribution in [1.29, 1.82) is 0 Å². The van der Waals surface area contributed by atoms with Crippen LogP contribution in [0.15, 0.2) is 0 Å². The molecule has 20 heavy (non-hydrogen) atoms. The van der Waals surface area contributed by atoms with Gasteiger partial charge in [0.15, 0.2) is 0 Å². The average molecular weight is 284 g/mol. The van der Waals surface area contributed by atoms with Crippen molar-refractivity contribution >= 4 is 12.0 Å². The number of carbonyl (C=O) groups is 2. The van der Waals surface area contributed by atoms with E-state index in [1.54, 1.807) is 0 Å². The zero-order valence-electron chi connectivity index (χ0n) is 12.9. The summed E-state index contributed by atoms with van der Waals surface area (Å²) >= 11 is 0. The Morgan fingerprint density at radius 2 is 2.05 bits per heavy atom. The first kappa shape index (κ1) is 16.8. The highest BCUT2D eigenvalue weighted by atomic mass is 16.4. The maximum atomic E-state index is 12.3. The molecule has 5 heteroatoms. The second-order valence-corrected chi connectivity index (χ2v) is 5.87. The number of rotatable bonds is 6. The lowest BCUT2D eigenvalue weighted by atomic mass is 9.84. The highest BCUT2D eigenvalue weighted by Crippen LogP contribution is 2.26. The summed E-state index contributed by atoms with van der Waals surface area (Å²) in [6.07, 6.45) is 6.31. The molecule has 116 valence electrons. The van der Waals surface area contributed by atoms with Crippen LogP contribution >= 0.6 is 0 Å². The molecule has 5 nitrogen and oxygen atoms in total. The highest BCUT2D eigenvalue weighted by Gasteiger charge is 2.26. The van der Waals surface area contributed by atoms with Crippen molar-refractivity contribution in [2.45, 2.75) is 71.4 Å². The molecule has 3 atom stereocenters. The van der Waals surface area contributed by atoms with E-state index in [-0.39, 0.29) is 24.7 Å². The van der Waals surface area contributed by atoms with Gasteiger partial charge in [-0.05, 0) is 32.1 Å². The molecular formula is C15H28N2O3. The number of amides is 2. The number of nitrogens with zero attached hydrogens (tertiary/aromatic N) is 1. The van der Waals surface area contributed by atoms with Crippen LogP contribution in [-0.2, 0) is 4.79 Å². The Bertz CT molecular complexity index is 333. The summed E-state index contributed by atoms with van der Waals surface area (Å²) in [6.45, 7) is 5.80. The normalized spacial score (nSPS) is 23.9. The number of hydrogen-bond donors (Lipinski definition) is 2.